The highest BCUT2D eigenvalue weighted by Gasteiger charge is 2.33. The number of aryl methyl sites for hydroxylation is 1. The summed E-state index contributed by atoms with van der Waals surface area (Å²) in [4.78, 5) is 28.0. The van der Waals surface area contributed by atoms with Gasteiger partial charge in [0.05, 0.1) is 6.04 Å². The number of rotatable bonds is 8. The summed E-state index contributed by atoms with van der Waals surface area (Å²) < 4.78 is 0. The Hall–Kier alpha value is -2.57. The molecule has 0 aromatic heterocycles. The Balaban J connectivity index is 0.00000306. The minimum Gasteiger partial charge on any atom is -0.481 e. The molecule has 7 heteroatoms. The van der Waals surface area contributed by atoms with Gasteiger partial charge in [-0.1, -0.05) is 43.7 Å². The number of carboxylic acid groups (broad SMARTS) is 1. The molecule has 178 valence electrons. The lowest BCUT2D eigenvalue weighted by Gasteiger charge is -2.25. The third kappa shape index (κ3) is 6.06. The van der Waals surface area contributed by atoms with Crippen molar-refractivity contribution >= 4 is 30.1 Å². The van der Waals surface area contributed by atoms with Crippen LogP contribution in [0.1, 0.15) is 54.5 Å². The van der Waals surface area contributed by atoms with E-state index in [1.807, 2.05) is 29.2 Å². The summed E-state index contributed by atoms with van der Waals surface area (Å²) in [5, 5.41) is 11.9. The van der Waals surface area contributed by atoms with Gasteiger partial charge in [-0.25, -0.2) is 4.79 Å². The zero-order valence-electron chi connectivity index (χ0n) is 19.3. The Morgan fingerprint density at radius 3 is 2.52 bits per heavy atom. The van der Waals surface area contributed by atoms with E-state index in [9.17, 15) is 9.59 Å². The number of fused-ring (bicyclic) bond motifs is 1. The molecule has 2 N–H and O–H groups in total. The van der Waals surface area contributed by atoms with Crippen LogP contribution in [0.5, 0.6) is 0 Å². The second kappa shape index (κ2) is 11.5. The van der Waals surface area contributed by atoms with Gasteiger partial charge in [0.15, 0.2) is 0 Å². The molecule has 0 bridgehead atoms. The zero-order valence-corrected chi connectivity index (χ0v) is 20.1. The summed E-state index contributed by atoms with van der Waals surface area (Å²) in [6.45, 7) is 6.14. The van der Waals surface area contributed by atoms with Gasteiger partial charge in [-0.05, 0) is 66.6 Å². The molecule has 2 aliphatic rings. The first-order valence-electron chi connectivity index (χ1n) is 11.8. The molecule has 0 radical (unpaired) electrons. The number of carbonyl (C=O) groups excluding carboxylic acids is 1. The van der Waals surface area contributed by atoms with E-state index in [-0.39, 0.29) is 30.9 Å². The molecule has 1 fully saturated rings. The highest BCUT2D eigenvalue weighted by Crippen LogP contribution is 2.33. The maximum atomic E-state index is 12.8. The first kappa shape index (κ1) is 25.1. The molecule has 2 heterocycles. The number of carbonyl (C=O) groups is 2. The molecule has 6 nitrogen and oxygen atoms in total. The van der Waals surface area contributed by atoms with Gasteiger partial charge in [-0.15, -0.1) is 12.4 Å². The zero-order chi connectivity index (χ0) is 22.5. The van der Waals surface area contributed by atoms with Gasteiger partial charge in [0.25, 0.3) is 0 Å². The average Bonchev–Trinajstić information content (AvgIpc) is 3.06. The number of hydrogen-bond acceptors (Lipinski definition) is 3. The summed E-state index contributed by atoms with van der Waals surface area (Å²) >= 11 is 0. The molecular formula is C26H34ClN3O3. The monoisotopic (exact) mass is 471 g/mol. The van der Waals surface area contributed by atoms with Crippen molar-refractivity contribution in [1.29, 1.82) is 0 Å². The van der Waals surface area contributed by atoms with E-state index in [0.29, 0.717) is 13.0 Å². The topological polar surface area (TPSA) is 72.9 Å². The van der Waals surface area contributed by atoms with Crippen molar-refractivity contribution in [3.05, 3.63) is 64.7 Å². The van der Waals surface area contributed by atoms with Gasteiger partial charge in [-0.2, -0.15) is 0 Å². The van der Waals surface area contributed by atoms with Crippen molar-refractivity contribution in [2.24, 2.45) is 0 Å². The van der Waals surface area contributed by atoms with Crippen molar-refractivity contribution in [2.75, 3.05) is 31.1 Å². The molecule has 1 unspecified atom stereocenters. The minimum atomic E-state index is -0.789. The second-order valence-electron chi connectivity index (χ2n) is 8.86. The Bertz CT molecular complexity index is 964. The summed E-state index contributed by atoms with van der Waals surface area (Å²) in [7, 11) is 0. The van der Waals surface area contributed by atoms with Gasteiger partial charge < -0.3 is 15.3 Å². The number of nitrogens with one attached hydrogen (secondary N) is 1. The third-order valence-corrected chi connectivity index (χ3v) is 6.66. The van der Waals surface area contributed by atoms with Gasteiger partial charge in [0, 0.05) is 31.7 Å². The molecule has 4 rings (SSSR count). The van der Waals surface area contributed by atoms with E-state index in [1.165, 1.54) is 24.0 Å². The van der Waals surface area contributed by atoms with Crippen LogP contribution >= 0.6 is 12.4 Å². The molecule has 2 aliphatic heterocycles. The Morgan fingerprint density at radius 1 is 1.09 bits per heavy atom. The summed E-state index contributed by atoms with van der Waals surface area (Å²) in [5.74, 6) is -0.789. The minimum absolute atomic E-state index is 0. The summed E-state index contributed by atoms with van der Waals surface area (Å²) in [5.41, 5.74) is 5.75. The maximum Gasteiger partial charge on any atom is 0.322 e. The van der Waals surface area contributed by atoms with E-state index in [4.69, 9.17) is 5.11 Å². The van der Waals surface area contributed by atoms with E-state index in [0.717, 1.165) is 49.3 Å². The lowest BCUT2D eigenvalue weighted by atomic mass is 9.99. The number of anilines is 1. The highest BCUT2D eigenvalue weighted by atomic mass is 35.5. The first-order chi connectivity index (χ1) is 15.5. The Morgan fingerprint density at radius 2 is 1.82 bits per heavy atom. The number of aliphatic carboxylic acids is 1. The van der Waals surface area contributed by atoms with Crippen LogP contribution in [0.2, 0.25) is 0 Å². The van der Waals surface area contributed by atoms with Crippen molar-refractivity contribution in [3.8, 4) is 0 Å². The van der Waals surface area contributed by atoms with E-state index < -0.39 is 5.97 Å². The van der Waals surface area contributed by atoms with Crippen LogP contribution in [0.15, 0.2) is 42.5 Å². The van der Waals surface area contributed by atoms with Crippen molar-refractivity contribution < 1.29 is 14.7 Å². The van der Waals surface area contributed by atoms with E-state index >= 15 is 0 Å². The lowest BCUT2D eigenvalue weighted by molar-refractivity contribution is -0.136. The van der Waals surface area contributed by atoms with Gasteiger partial charge >= 0.3 is 12.0 Å². The normalized spacial score (nSPS) is 18.3. The smallest absolute Gasteiger partial charge is 0.322 e. The fraction of sp³-hybridized carbons (Fsp3) is 0.462. The molecule has 2 aromatic carbocycles. The van der Waals surface area contributed by atoms with Crippen LogP contribution in [-0.2, 0) is 24.1 Å². The first-order valence-corrected chi connectivity index (χ1v) is 11.8. The number of halogens is 1. The van der Waals surface area contributed by atoms with E-state index in [1.54, 1.807) is 0 Å². The Labute approximate surface area is 202 Å². The highest BCUT2D eigenvalue weighted by molar-refractivity contribution is 5.95. The van der Waals surface area contributed by atoms with E-state index in [2.05, 4.69) is 35.3 Å². The SMILES string of the molecule is CCCCN1CCc2ccc(N3C(=O)NCC3c3ccc(CCC(=O)O)cc3)cc2CC1.Cl. The molecule has 0 saturated carbocycles. The third-order valence-electron chi connectivity index (χ3n) is 6.66. The Kier molecular flexibility index (Phi) is 8.75. The standard InChI is InChI=1S/C26H33N3O3.ClH/c1-2-3-14-28-15-12-20-9-10-23(17-22(20)13-16-28)29-24(18-27-26(29)32)21-7-4-19(5-8-21)6-11-25(30)31;/h4-5,7-10,17,24H,2-3,6,11-16,18H2,1H3,(H,27,32)(H,30,31);1H. The molecule has 0 aliphatic carbocycles. The lowest BCUT2D eigenvalue weighted by Crippen LogP contribution is -2.29. The number of nitrogens with zero attached hydrogens (tertiary/aromatic N) is 2. The molecule has 0 spiro atoms. The van der Waals surface area contributed by atoms with Crippen LogP contribution < -0.4 is 10.2 Å². The van der Waals surface area contributed by atoms with Crippen LogP contribution in [-0.4, -0.2) is 48.2 Å². The quantitative estimate of drug-likeness (QED) is 0.590. The fourth-order valence-corrected chi connectivity index (χ4v) is 4.74. The van der Waals surface area contributed by atoms with Crippen LogP contribution in [0.3, 0.4) is 0 Å². The number of carboxylic acids is 1. The molecule has 33 heavy (non-hydrogen) atoms. The van der Waals surface area contributed by atoms with Gasteiger partial charge in [-0.3, -0.25) is 9.69 Å². The van der Waals surface area contributed by atoms with Gasteiger partial charge in [0.1, 0.15) is 0 Å². The molecule has 1 atom stereocenters. The predicted molar refractivity (Wildman–Crippen MR) is 133 cm³/mol. The van der Waals surface area contributed by atoms with Crippen molar-refractivity contribution in [3.63, 3.8) is 0 Å². The fourth-order valence-electron chi connectivity index (χ4n) is 4.74. The van der Waals surface area contributed by atoms with Gasteiger partial charge in [0.2, 0.25) is 0 Å². The number of unbranched alkanes of at least 4 members (excludes halogenated alkanes) is 1. The predicted octanol–water partition coefficient (Wildman–Crippen LogP) is 4.60. The molecular weight excluding hydrogens is 438 g/mol. The number of hydrogen-bond donors (Lipinski definition) is 2. The van der Waals surface area contributed by atoms with Crippen LogP contribution in [0, 0.1) is 0 Å². The number of amides is 2. The van der Waals surface area contributed by atoms with Crippen molar-refractivity contribution in [1.82, 2.24) is 10.2 Å². The van der Waals surface area contributed by atoms with Crippen LogP contribution in [0.25, 0.3) is 0 Å². The number of urea groups is 1. The summed E-state index contributed by atoms with van der Waals surface area (Å²) in [6.07, 6.45) is 5.19. The molecule has 1 saturated heterocycles. The molecule has 2 amide bonds. The number of benzene rings is 2. The largest absolute Gasteiger partial charge is 0.481 e. The second-order valence-corrected chi connectivity index (χ2v) is 8.86. The summed E-state index contributed by atoms with van der Waals surface area (Å²) in [6, 6.07) is 14.3. The maximum absolute atomic E-state index is 12.8. The average molecular weight is 472 g/mol. The van der Waals surface area contributed by atoms with Crippen LogP contribution in [0.4, 0.5) is 10.5 Å². The van der Waals surface area contributed by atoms with Crippen molar-refractivity contribution in [2.45, 2.75) is 51.5 Å². The molecule has 2 aromatic rings.